The van der Waals surface area contributed by atoms with E-state index < -0.39 is 0 Å². The first kappa shape index (κ1) is 10.6. The van der Waals surface area contributed by atoms with Gasteiger partial charge < -0.3 is 10.5 Å². The molecule has 0 aliphatic carbocycles. The van der Waals surface area contributed by atoms with Crippen LogP contribution in [0.15, 0.2) is 6.07 Å². The van der Waals surface area contributed by atoms with Crippen LogP contribution in [0.2, 0.25) is 5.28 Å². The lowest BCUT2D eigenvalue weighted by Crippen LogP contribution is -2.02. The van der Waals surface area contributed by atoms with Gasteiger partial charge in [-0.15, -0.1) is 0 Å². The van der Waals surface area contributed by atoms with Crippen LogP contribution in [0.25, 0.3) is 0 Å². The molecule has 7 nitrogen and oxygen atoms in total. The Kier molecular flexibility index (Phi) is 2.61. The van der Waals surface area contributed by atoms with Gasteiger partial charge in [0.1, 0.15) is 0 Å². The molecule has 0 aromatic carbocycles. The van der Waals surface area contributed by atoms with Gasteiger partial charge in [-0.3, -0.25) is 0 Å². The summed E-state index contributed by atoms with van der Waals surface area (Å²) in [5, 5.41) is 4.10. The molecular formula is C8H9ClN6O. The topological polar surface area (TPSA) is 91.7 Å². The van der Waals surface area contributed by atoms with E-state index in [-0.39, 0.29) is 17.2 Å². The molecule has 0 saturated heterocycles. The minimum absolute atomic E-state index is 0.00823. The molecule has 2 N–H and O–H groups in total. The Bertz CT molecular complexity index is 505. The number of nitrogens with zero attached hydrogens (tertiary/aromatic N) is 5. The molecule has 84 valence electrons. The summed E-state index contributed by atoms with van der Waals surface area (Å²) in [6.45, 7) is 1.85. The van der Waals surface area contributed by atoms with Crippen LogP contribution in [-0.4, -0.2) is 24.7 Å². The Balaban J connectivity index is 2.30. The second-order valence-corrected chi connectivity index (χ2v) is 3.43. The molecular weight excluding hydrogens is 232 g/mol. The van der Waals surface area contributed by atoms with Crippen LogP contribution in [0.1, 0.15) is 5.69 Å². The highest BCUT2D eigenvalue weighted by atomic mass is 35.5. The fourth-order valence-electron chi connectivity index (χ4n) is 1.17. The van der Waals surface area contributed by atoms with Crippen LogP contribution in [0.5, 0.6) is 11.9 Å². The zero-order valence-electron chi connectivity index (χ0n) is 8.68. The Morgan fingerprint density at radius 1 is 1.38 bits per heavy atom. The second-order valence-electron chi connectivity index (χ2n) is 3.09. The fraction of sp³-hybridized carbons (Fsp3) is 0.250. The number of halogens is 1. The standard InChI is InChI=1S/C8H9ClN6O/c1-4-3-5(15(2)14-4)16-8-12-6(9)11-7(10)13-8/h3H,1-2H3,(H2,10,11,12,13). The molecule has 2 heterocycles. The van der Waals surface area contributed by atoms with Crippen LogP contribution in [-0.2, 0) is 7.05 Å². The number of aryl methyl sites for hydroxylation is 2. The minimum atomic E-state index is -0.0126. The largest absolute Gasteiger partial charge is 0.405 e. The first-order valence-corrected chi connectivity index (χ1v) is 4.78. The van der Waals surface area contributed by atoms with Gasteiger partial charge in [0.25, 0.3) is 0 Å². The van der Waals surface area contributed by atoms with Gasteiger partial charge in [-0.25, -0.2) is 4.68 Å². The number of hydrogen-bond acceptors (Lipinski definition) is 6. The predicted molar refractivity (Wildman–Crippen MR) is 57.3 cm³/mol. The van der Waals surface area contributed by atoms with Gasteiger partial charge in [-0.2, -0.15) is 20.1 Å². The molecule has 0 atom stereocenters. The maximum atomic E-state index is 5.62. The van der Waals surface area contributed by atoms with E-state index in [0.29, 0.717) is 5.88 Å². The van der Waals surface area contributed by atoms with Gasteiger partial charge in [-0.05, 0) is 18.5 Å². The summed E-state index contributed by atoms with van der Waals surface area (Å²) in [7, 11) is 1.74. The van der Waals surface area contributed by atoms with E-state index in [4.69, 9.17) is 22.1 Å². The quantitative estimate of drug-likeness (QED) is 0.840. The Hall–Kier alpha value is -1.89. The highest BCUT2D eigenvalue weighted by molar-refractivity contribution is 6.28. The second kappa shape index (κ2) is 3.93. The molecule has 0 saturated carbocycles. The average molecular weight is 241 g/mol. The van der Waals surface area contributed by atoms with Crippen LogP contribution >= 0.6 is 11.6 Å². The monoisotopic (exact) mass is 240 g/mol. The van der Waals surface area contributed by atoms with Crippen LogP contribution in [0.3, 0.4) is 0 Å². The minimum Gasteiger partial charge on any atom is -0.405 e. The summed E-state index contributed by atoms with van der Waals surface area (Å²) in [6.07, 6.45) is 0. The smallest absolute Gasteiger partial charge is 0.329 e. The van der Waals surface area contributed by atoms with Gasteiger partial charge in [0.05, 0.1) is 5.69 Å². The first-order chi connectivity index (χ1) is 7.54. The van der Waals surface area contributed by atoms with Crippen LogP contribution < -0.4 is 10.5 Å². The molecule has 0 bridgehead atoms. The highest BCUT2D eigenvalue weighted by Gasteiger charge is 2.08. The Labute approximate surface area is 96.2 Å². The summed E-state index contributed by atoms with van der Waals surface area (Å²) >= 11 is 5.62. The zero-order chi connectivity index (χ0) is 11.7. The SMILES string of the molecule is Cc1cc(Oc2nc(N)nc(Cl)n2)n(C)n1. The molecule has 0 amide bonds. The average Bonchev–Trinajstić information content (AvgIpc) is 2.43. The van der Waals surface area contributed by atoms with Crippen molar-refractivity contribution in [3.05, 3.63) is 17.0 Å². The number of aromatic nitrogens is 5. The number of hydrogen-bond donors (Lipinski definition) is 1. The molecule has 0 aliphatic rings. The third-order valence-corrected chi connectivity index (χ3v) is 1.93. The van der Waals surface area contributed by atoms with Crippen LogP contribution in [0, 0.1) is 6.92 Å². The molecule has 2 aromatic rings. The number of ether oxygens (including phenoxy) is 1. The molecule has 0 aliphatic heterocycles. The molecule has 0 spiro atoms. The van der Waals surface area contributed by atoms with Crippen molar-refractivity contribution in [1.29, 1.82) is 0 Å². The van der Waals surface area contributed by atoms with Crippen molar-refractivity contribution in [1.82, 2.24) is 24.7 Å². The van der Waals surface area contributed by atoms with E-state index in [2.05, 4.69) is 20.1 Å². The summed E-state index contributed by atoms with van der Waals surface area (Å²) in [6, 6.07) is 1.79. The molecule has 0 fully saturated rings. The van der Waals surface area contributed by atoms with E-state index in [0.717, 1.165) is 5.69 Å². The molecule has 2 aromatic heterocycles. The third-order valence-electron chi connectivity index (χ3n) is 1.76. The van der Waals surface area contributed by atoms with Gasteiger partial charge in [0, 0.05) is 13.1 Å². The lowest BCUT2D eigenvalue weighted by Gasteiger charge is -2.03. The van der Waals surface area contributed by atoms with Crippen molar-refractivity contribution in [2.75, 3.05) is 5.73 Å². The van der Waals surface area contributed by atoms with Gasteiger partial charge in [0.15, 0.2) is 0 Å². The van der Waals surface area contributed by atoms with Crippen molar-refractivity contribution in [3.63, 3.8) is 0 Å². The maximum Gasteiger partial charge on any atom is 0.329 e. The van der Waals surface area contributed by atoms with Crippen molar-refractivity contribution >= 4 is 17.5 Å². The maximum absolute atomic E-state index is 5.62. The predicted octanol–water partition coefficient (Wildman–Crippen LogP) is 0.941. The van der Waals surface area contributed by atoms with E-state index in [9.17, 15) is 0 Å². The lowest BCUT2D eigenvalue weighted by atomic mass is 10.5. The zero-order valence-corrected chi connectivity index (χ0v) is 9.43. The van der Waals surface area contributed by atoms with E-state index in [1.54, 1.807) is 17.8 Å². The van der Waals surface area contributed by atoms with Crippen LogP contribution in [0.4, 0.5) is 5.95 Å². The molecule has 0 radical (unpaired) electrons. The Morgan fingerprint density at radius 2 is 2.12 bits per heavy atom. The van der Waals surface area contributed by atoms with Crippen molar-refractivity contribution in [3.8, 4) is 11.9 Å². The summed E-state index contributed by atoms with van der Waals surface area (Å²) in [4.78, 5) is 11.2. The summed E-state index contributed by atoms with van der Waals surface area (Å²) < 4.78 is 6.92. The number of anilines is 1. The number of rotatable bonds is 2. The molecule has 0 unspecified atom stereocenters. The third kappa shape index (κ3) is 2.19. The van der Waals surface area contributed by atoms with Crippen molar-refractivity contribution in [2.45, 2.75) is 6.92 Å². The fourth-order valence-corrected chi connectivity index (χ4v) is 1.33. The number of nitrogens with two attached hydrogens (primary N) is 1. The lowest BCUT2D eigenvalue weighted by molar-refractivity contribution is 0.398. The Morgan fingerprint density at radius 3 is 2.69 bits per heavy atom. The van der Waals surface area contributed by atoms with Crippen molar-refractivity contribution < 1.29 is 4.74 Å². The van der Waals surface area contributed by atoms with Crippen molar-refractivity contribution in [2.24, 2.45) is 7.05 Å². The van der Waals surface area contributed by atoms with Gasteiger partial charge in [0.2, 0.25) is 17.1 Å². The van der Waals surface area contributed by atoms with E-state index in [1.807, 2.05) is 6.92 Å². The van der Waals surface area contributed by atoms with E-state index in [1.165, 1.54) is 0 Å². The molecule has 2 rings (SSSR count). The summed E-state index contributed by atoms with van der Waals surface area (Å²) in [5.41, 5.74) is 6.23. The normalized spacial score (nSPS) is 10.4. The van der Waals surface area contributed by atoms with E-state index >= 15 is 0 Å². The van der Waals surface area contributed by atoms with Gasteiger partial charge >= 0.3 is 6.01 Å². The first-order valence-electron chi connectivity index (χ1n) is 4.40. The highest BCUT2D eigenvalue weighted by Crippen LogP contribution is 2.19. The van der Waals surface area contributed by atoms with Gasteiger partial charge in [-0.1, -0.05) is 0 Å². The number of nitrogen functional groups attached to an aromatic ring is 1. The molecule has 16 heavy (non-hydrogen) atoms. The molecule has 8 heteroatoms. The summed E-state index contributed by atoms with van der Waals surface area (Å²) in [5.74, 6) is 0.507.